The maximum absolute atomic E-state index is 13.3. The fourth-order valence-corrected chi connectivity index (χ4v) is 4.08. The fourth-order valence-electron chi connectivity index (χ4n) is 4.08. The van der Waals surface area contributed by atoms with Crippen molar-refractivity contribution in [2.75, 3.05) is 32.2 Å². The second kappa shape index (κ2) is 10.4. The molecule has 0 spiro atoms. The van der Waals surface area contributed by atoms with Gasteiger partial charge in [0, 0.05) is 31.3 Å². The molecule has 34 heavy (non-hydrogen) atoms. The zero-order chi connectivity index (χ0) is 24.1. The highest BCUT2D eigenvalue weighted by molar-refractivity contribution is 5.79. The maximum atomic E-state index is 13.3. The molecule has 2 heterocycles. The molecule has 0 radical (unpaired) electrons. The number of piperidine rings is 1. The molecule has 1 N–H and O–H groups in total. The molecule has 3 aromatic rings. The van der Waals surface area contributed by atoms with Crippen LogP contribution < -0.4 is 25.2 Å². The monoisotopic (exact) mass is 466 g/mol. The topological polar surface area (TPSA) is 85.7 Å². The van der Waals surface area contributed by atoms with Gasteiger partial charge < -0.3 is 19.7 Å². The van der Waals surface area contributed by atoms with Crippen molar-refractivity contribution in [2.45, 2.75) is 19.4 Å². The molecule has 1 aliphatic heterocycles. The first-order chi connectivity index (χ1) is 16.5. The first-order valence-electron chi connectivity index (χ1n) is 11.1. The minimum Gasteiger partial charge on any atom is -0.497 e. The van der Waals surface area contributed by atoms with Crippen molar-refractivity contribution in [3.63, 3.8) is 0 Å². The lowest BCUT2D eigenvalue weighted by atomic mass is 9.97. The van der Waals surface area contributed by atoms with Gasteiger partial charge in [-0.15, -0.1) is 5.10 Å². The van der Waals surface area contributed by atoms with Crippen LogP contribution in [-0.4, -0.2) is 43.0 Å². The summed E-state index contributed by atoms with van der Waals surface area (Å²) in [6.07, 6.45) is 1.58. The Morgan fingerprint density at radius 3 is 2.65 bits per heavy atom. The lowest BCUT2D eigenvalue weighted by Crippen LogP contribution is -2.43. The standard InChI is InChI=1S/C25H27FN4O4/c1-33-21-9-10-22(34-2)18(14-21)15-27-25(32)17-4-3-13-29(16-17)23-11-12-24(31)30(28-23)20-7-5-19(26)6-8-20/h5-12,14,17H,3-4,13,15-16H2,1-2H3,(H,27,32)/t17-/m0/s1. The number of rotatable bonds is 7. The number of methoxy groups -OCH3 is 2. The summed E-state index contributed by atoms with van der Waals surface area (Å²) in [5, 5.41) is 7.48. The number of hydrogen-bond acceptors (Lipinski definition) is 6. The molecule has 0 saturated carbocycles. The summed E-state index contributed by atoms with van der Waals surface area (Å²) >= 11 is 0. The van der Waals surface area contributed by atoms with E-state index >= 15 is 0 Å². The van der Waals surface area contributed by atoms with Crippen molar-refractivity contribution in [1.29, 1.82) is 0 Å². The SMILES string of the molecule is COc1ccc(OC)c(CNC(=O)[C@H]2CCCN(c3ccc(=O)n(-c4ccc(F)cc4)n3)C2)c1. The van der Waals surface area contributed by atoms with E-state index in [2.05, 4.69) is 10.4 Å². The molecular formula is C25H27FN4O4. The summed E-state index contributed by atoms with van der Waals surface area (Å²) in [6, 6.07) is 14.1. The second-order valence-electron chi connectivity index (χ2n) is 8.10. The molecule has 1 fully saturated rings. The van der Waals surface area contributed by atoms with Gasteiger partial charge in [-0.25, -0.2) is 4.39 Å². The highest BCUT2D eigenvalue weighted by Crippen LogP contribution is 2.25. The molecule has 0 bridgehead atoms. The van der Waals surface area contributed by atoms with Gasteiger partial charge in [-0.3, -0.25) is 9.59 Å². The summed E-state index contributed by atoms with van der Waals surface area (Å²) in [5.41, 5.74) is 0.997. The molecule has 0 unspecified atom stereocenters. The Kier molecular flexibility index (Phi) is 7.10. The number of nitrogens with zero attached hydrogens (tertiary/aromatic N) is 3. The van der Waals surface area contributed by atoms with Crippen LogP contribution in [0.25, 0.3) is 5.69 Å². The van der Waals surface area contributed by atoms with Crippen LogP contribution in [0.1, 0.15) is 18.4 Å². The Balaban J connectivity index is 1.45. The molecule has 1 saturated heterocycles. The van der Waals surface area contributed by atoms with E-state index in [1.807, 2.05) is 23.1 Å². The van der Waals surface area contributed by atoms with E-state index in [9.17, 15) is 14.0 Å². The third-order valence-electron chi connectivity index (χ3n) is 5.91. The summed E-state index contributed by atoms with van der Waals surface area (Å²) < 4.78 is 25.2. The molecular weight excluding hydrogens is 439 g/mol. The van der Waals surface area contributed by atoms with E-state index < -0.39 is 0 Å². The maximum Gasteiger partial charge on any atom is 0.271 e. The highest BCUT2D eigenvalue weighted by Gasteiger charge is 2.27. The van der Waals surface area contributed by atoms with Gasteiger partial charge in [0.15, 0.2) is 0 Å². The average molecular weight is 467 g/mol. The van der Waals surface area contributed by atoms with E-state index in [0.29, 0.717) is 36.1 Å². The number of carbonyl (C=O) groups is 1. The Hall–Kier alpha value is -3.88. The van der Waals surface area contributed by atoms with Gasteiger partial charge in [0.1, 0.15) is 23.1 Å². The average Bonchev–Trinajstić information content (AvgIpc) is 2.88. The van der Waals surface area contributed by atoms with Crippen LogP contribution in [0.4, 0.5) is 10.2 Å². The quantitative estimate of drug-likeness (QED) is 0.576. The Morgan fingerprint density at radius 1 is 1.12 bits per heavy atom. The van der Waals surface area contributed by atoms with E-state index in [4.69, 9.17) is 9.47 Å². The van der Waals surface area contributed by atoms with Crippen molar-refractivity contribution in [1.82, 2.24) is 15.1 Å². The predicted molar refractivity (Wildman–Crippen MR) is 126 cm³/mol. The van der Waals surface area contributed by atoms with E-state index in [1.54, 1.807) is 20.3 Å². The van der Waals surface area contributed by atoms with Crippen LogP contribution in [0.5, 0.6) is 11.5 Å². The summed E-state index contributed by atoms with van der Waals surface area (Å²) in [7, 11) is 3.18. The lowest BCUT2D eigenvalue weighted by molar-refractivity contribution is -0.125. The molecule has 1 atom stereocenters. The molecule has 8 nitrogen and oxygen atoms in total. The fraction of sp³-hybridized carbons (Fsp3) is 0.320. The number of hydrogen-bond donors (Lipinski definition) is 1. The highest BCUT2D eigenvalue weighted by atomic mass is 19.1. The summed E-state index contributed by atoms with van der Waals surface area (Å²) in [6.45, 7) is 1.53. The smallest absolute Gasteiger partial charge is 0.271 e. The van der Waals surface area contributed by atoms with E-state index in [1.165, 1.54) is 35.0 Å². The molecule has 1 aliphatic rings. The molecule has 1 aromatic heterocycles. The van der Waals surface area contributed by atoms with Crippen LogP contribution in [-0.2, 0) is 11.3 Å². The van der Waals surface area contributed by atoms with Crippen LogP contribution in [0.3, 0.4) is 0 Å². The van der Waals surface area contributed by atoms with Crippen LogP contribution in [0.2, 0.25) is 0 Å². The second-order valence-corrected chi connectivity index (χ2v) is 8.10. The summed E-state index contributed by atoms with van der Waals surface area (Å²) in [4.78, 5) is 27.3. The largest absolute Gasteiger partial charge is 0.497 e. The molecule has 178 valence electrons. The number of benzene rings is 2. The van der Waals surface area contributed by atoms with E-state index in [-0.39, 0.29) is 23.2 Å². The van der Waals surface area contributed by atoms with Gasteiger partial charge in [-0.1, -0.05) is 0 Å². The number of aromatic nitrogens is 2. The number of carbonyl (C=O) groups excluding carboxylic acids is 1. The summed E-state index contributed by atoms with van der Waals surface area (Å²) in [5.74, 6) is 1.30. The third-order valence-corrected chi connectivity index (χ3v) is 5.91. The van der Waals surface area contributed by atoms with Crippen LogP contribution in [0, 0.1) is 11.7 Å². The van der Waals surface area contributed by atoms with Crippen molar-refractivity contribution in [2.24, 2.45) is 5.92 Å². The van der Waals surface area contributed by atoms with Crippen molar-refractivity contribution in [3.05, 3.63) is 76.3 Å². The lowest BCUT2D eigenvalue weighted by Gasteiger charge is -2.33. The number of halogens is 1. The predicted octanol–water partition coefficient (Wildman–Crippen LogP) is 2.92. The van der Waals surface area contributed by atoms with Gasteiger partial charge in [0.25, 0.3) is 5.56 Å². The number of anilines is 1. The molecule has 9 heteroatoms. The Morgan fingerprint density at radius 2 is 1.91 bits per heavy atom. The minimum absolute atomic E-state index is 0.0542. The Bertz CT molecular complexity index is 1210. The third kappa shape index (κ3) is 5.19. The zero-order valence-corrected chi connectivity index (χ0v) is 19.2. The Labute approximate surface area is 196 Å². The molecule has 1 amide bonds. The first kappa shape index (κ1) is 23.3. The van der Waals surface area contributed by atoms with Gasteiger partial charge >= 0.3 is 0 Å². The number of ether oxygens (including phenoxy) is 2. The van der Waals surface area contributed by atoms with Crippen LogP contribution in [0.15, 0.2) is 59.4 Å². The van der Waals surface area contributed by atoms with E-state index in [0.717, 1.165) is 24.9 Å². The molecule has 2 aromatic carbocycles. The van der Waals surface area contributed by atoms with Gasteiger partial charge in [-0.05, 0) is 61.4 Å². The van der Waals surface area contributed by atoms with Gasteiger partial charge in [-0.2, -0.15) is 4.68 Å². The van der Waals surface area contributed by atoms with Crippen LogP contribution >= 0.6 is 0 Å². The zero-order valence-electron chi connectivity index (χ0n) is 19.2. The minimum atomic E-state index is -0.385. The molecule has 4 rings (SSSR count). The van der Waals surface area contributed by atoms with Crippen molar-refractivity contribution in [3.8, 4) is 17.2 Å². The van der Waals surface area contributed by atoms with Crippen molar-refractivity contribution < 1.29 is 18.7 Å². The first-order valence-corrected chi connectivity index (χ1v) is 11.1. The molecule has 0 aliphatic carbocycles. The van der Waals surface area contributed by atoms with Gasteiger partial charge in [0.2, 0.25) is 5.91 Å². The van der Waals surface area contributed by atoms with Gasteiger partial charge in [0.05, 0.1) is 25.8 Å². The normalized spacial score (nSPS) is 15.6. The number of amides is 1. The van der Waals surface area contributed by atoms with Crippen molar-refractivity contribution >= 4 is 11.7 Å². The number of nitrogens with one attached hydrogen (secondary N) is 1.